The number of hydrogen-bond donors (Lipinski definition) is 3. The van der Waals surface area contributed by atoms with Gasteiger partial charge in [0.1, 0.15) is 6.42 Å². The van der Waals surface area contributed by atoms with Gasteiger partial charge in [-0.15, -0.1) is 0 Å². The molecule has 0 saturated heterocycles. The van der Waals surface area contributed by atoms with Crippen molar-refractivity contribution in [1.29, 1.82) is 0 Å². The van der Waals surface area contributed by atoms with Gasteiger partial charge in [-0.05, 0) is 6.42 Å². The fraction of sp³-hybridized carbons (Fsp3) is 0.750. The molecule has 3 amide bonds. The highest BCUT2D eigenvalue weighted by Crippen LogP contribution is 1.83. The Morgan fingerprint density at radius 2 is 1.63 bits per heavy atom. The maximum atomic E-state index is 11.2. The molecule has 0 bridgehead atoms. The number of rotatable bonds is 10. The minimum atomic E-state index is -0.321. The molecule has 0 fully saturated rings. The molecule has 0 unspecified atom stereocenters. The molecule has 0 aliphatic carbocycles. The first-order chi connectivity index (χ1) is 9.10. The van der Waals surface area contributed by atoms with Gasteiger partial charge in [-0.25, -0.2) is 0 Å². The Morgan fingerprint density at radius 1 is 0.947 bits per heavy atom. The van der Waals surface area contributed by atoms with E-state index in [-0.39, 0.29) is 24.1 Å². The molecule has 0 saturated carbocycles. The molecule has 0 heterocycles. The van der Waals surface area contributed by atoms with Gasteiger partial charge in [-0.2, -0.15) is 0 Å². The summed E-state index contributed by atoms with van der Waals surface area (Å²) < 4.78 is 5.26. The highest BCUT2D eigenvalue weighted by molar-refractivity contribution is 5.96. The van der Waals surface area contributed by atoms with Crippen molar-refractivity contribution < 1.29 is 19.1 Å². The van der Waals surface area contributed by atoms with E-state index in [0.717, 1.165) is 6.42 Å². The smallest absolute Gasteiger partial charge is 0.229 e. The van der Waals surface area contributed by atoms with Crippen LogP contribution in [0.15, 0.2) is 0 Å². The lowest BCUT2D eigenvalue weighted by atomic mass is 10.4. The summed E-state index contributed by atoms with van der Waals surface area (Å²) in [5.41, 5.74) is 0. The normalized spacial score (nSPS) is 9.79. The van der Waals surface area contributed by atoms with Crippen molar-refractivity contribution in [2.45, 2.75) is 26.2 Å². The van der Waals surface area contributed by atoms with Crippen molar-refractivity contribution in [3.05, 3.63) is 0 Å². The lowest BCUT2D eigenvalue weighted by molar-refractivity contribution is -0.129. The van der Waals surface area contributed by atoms with Crippen molar-refractivity contribution in [2.75, 3.05) is 33.4 Å². The fourth-order valence-corrected chi connectivity index (χ4v) is 1.19. The van der Waals surface area contributed by atoms with Gasteiger partial charge < -0.3 is 20.7 Å². The summed E-state index contributed by atoms with van der Waals surface area (Å²) in [6, 6.07) is 0. The van der Waals surface area contributed by atoms with Gasteiger partial charge in [0.2, 0.25) is 17.7 Å². The number of carbonyl (C=O) groups is 3. The van der Waals surface area contributed by atoms with Crippen LogP contribution in [0.5, 0.6) is 0 Å². The fourth-order valence-electron chi connectivity index (χ4n) is 1.19. The molecule has 0 radical (unpaired) electrons. The van der Waals surface area contributed by atoms with Crippen LogP contribution in [0.3, 0.4) is 0 Å². The summed E-state index contributed by atoms with van der Waals surface area (Å²) in [5, 5.41) is 7.68. The van der Waals surface area contributed by atoms with Gasteiger partial charge in [0.05, 0.1) is 6.61 Å². The second kappa shape index (κ2) is 11.5. The first-order valence-corrected chi connectivity index (χ1v) is 6.41. The van der Waals surface area contributed by atoms with Crippen LogP contribution in [0.1, 0.15) is 26.2 Å². The molecular weight excluding hydrogens is 250 g/mol. The Balaban J connectivity index is 3.29. The molecule has 110 valence electrons. The van der Waals surface area contributed by atoms with E-state index >= 15 is 0 Å². The van der Waals surface area contributed by atoms with Crippen LogP contribution in [0.4, 0.5) is 0 Å². The molecule has 3 N–H and O–H groups in total. The molecule has 0 aliphatic rings. The third-order valence-electron chi connectivity index (χ3n) is 2.28. The molecule has 0 aromatic rings. The van der Waals surface area contributed by atoms with E-state index in [0.29, 0.717) is 32.7 Å². The SMILES string of the molecule is CCC(=O)NCCCOCCNC(=O)CC(=O)NC. The number of amides is 3. The van der Waals surface area contributed by atoms with E-state index in [2.05, 4.69) is 16.0 Å². The van der Waals surface area contributed by atoms with E-state index in [4.69, 9.17) is 4.74 Å². The number of nitrogens with one attached hydrogen (secondary N) is 3. The second-order valence-electron chi connectivity index (χ2n) is 3.87. The van der Waals surface area contributed by atoms with Crippen LogP contribution in [0.25, 0.3) is 0 Å². The zero-order valence-corrected chi connectivity index (χ0v) is 11.6. The first kappa shape index (κ1) is 17.4. The maximum Gasteiger partial charge on any atom is 0.229 e. The van der Waals surface area contributed by atoms with Crippen molar-refractivity contribution >= 4 is 17.7 Å². The van der Waals surface area contributed by atoms with Gasteiger partial charge in [0.25, 0.3) is 0 Å². The standard InChI is InChI=1S/C12H23N3O4/c1-3-10(16)14-5-4-7-19-8-6-15-12(18)9-11(17)13-2/h3-9H2,1-2H3,(H,13,17)(H,14,16)(H,15,18). The molecule has 0 aromatic heterocycles. The molecule has 0 atom stereocenters. The Kier molecular flexibility index (Phi) is 10.5. The van der Waals surface area contributed by atoms with Gasteiger partial charge >= 0.3 is 0 Å². The third kappa shape index (κ3) is 11.2. The van der Waals surface area contributed by atoms with Gasteiger partial charge in [0.15, 0.2) is 0 Å². The molecule has 0 spiro atoms. The summed E-state index contributed by atoms with van der Waals surface area (Å²) >= 11 is 0. The summed E-state index contributed by atoms with van der Waals surface area (Å²) in [4.78, 5) is 33.0. The van der Waals surface area contributed by atoms with Crippen LogP contribution >= 0.6 is 0 Å². The molecule has 7 nitrogen and oxygen atoms in total. The predicted octanol–water partition coefficient (Wildman–Crippen LogP) is -0.828. The zero-order chi connectivity index (χ0) is 14.5. The zero-order valence-electron chi connectivity index (χ0n) is 11.6. The minimum absolute atomic E-state index is 0.0291. The van der Waals surface area contributed by atoms with Crippen molar-refractivity contribution in [2.24, 2.45) is 0 Å². The van der Waals surface area contributed by atoms with E-state index in [1.807, 2.05) is 0 Å². The largest absolute Gasteiger partial charge is 0.380 e. The number of ether oxygens (including phenoxy) is 1. The predicted molar refractivity (Wildman–Crippen MR) is 70.4 cm³/mol. The summed E-state index contributed by atoms with van der Waals surface area (Å²) in [7, 11) is 1.48. The van der Waals surface area contributed by atoms with Crippen LogP contribution in [-0.2, 0) is 19.1 Å². The Bertz CT molecular complexity index is 295. The summed E-state index contributed by atoms with van der Waals surface area (Å²) in [6.07, 6.45) is 1.05. The van der Waals surface area contributed by atoms with Gasteiger partial charge in [-0.1, -0.05) is 6.92 Å². The van der Waals surface area contributed by atoms with Gasteiger partial charge in [-0.3, -0.25) is 14.4 Å². The summed E-state index contributed by atoms with van der Waals surface area (Å²) in [5.74, 6) is -0.607. The van der Waals surface area contributed by atoms with Crippen LogP contribution < -0.4 is 16.0 Å². The molecule has 0 aromatic carbocycles. The molecule has 0 rings (SSSR count). The Hall–Kier alpha value is -1.63. The van der Waals surface area contributed by atoms with E-state index < -0.39 is 0 Å². The first-order valence-electron chi connectivity index (χ1n) is 6.41. The van der Waals surface area contributed by atoms with Crippen molar-refractivity contribution in [3.63, 3.8) is 0 Å². The topological polar surface area (TPSA) is 96.5 Å². The van der Waals surface area contributed by atoms with Gasteiger partial charge in [0, 0.05) is 33.2 Å². The second-order valence-corrected chi connectivity index (χ2v) is 3.87. The quantitative estimate of drug-likeness (QED) is 0.357. The highest BCUT2D eigenvalue weighted by atomic mass is 16.5. The van der Waals surface area contributed by atoms with Crippen molar-refractivity contribution in [1.82, 2.24) is 16.0 Å². The lowest BCUT2D eigenvalue weighted by Crippen LogP contribution is -2.32. The summed E-state index contributed by atoms with van der Waals surface area (Å²) in [6.45, 7) is 3.68. The average Bonchev–Trinajstić information content (AvgIpc) is 2.41. The highest BCUT2D eigenvalue weighted by Gasteiger charge is 2.06. The van der Waals surface area contributed by atoms with E-state index in [1.165, 1.54) is 7.05 Å². The van der Waals surface area contributed by atoms with E-state index in [1.54, 1.807) is 6.92 Å². The minimum Gasteiger partial charge on any atom is -0.380 e. The number of carbonyl (C=O) groups excluding carboxylic acids is 3. The van der Waals surface area contributed by atoms with Crippen molar-refractivity contribution in [3.8, 4) is 0 Å². The monoisotopic (exact) mass is 273 g/mol. The Morgan fingerprint density at radius 3 is 2.26 bits per heavy atom. The Labute approximate surface area is 113 Å². The van der Waals surface area contributed by atoms with Crippen LogP contribution in [0, 0.1) is 0 Å². The van der Waals surface area contributed by atoms with Crippen LogP contribution in [0.2, 0.25) is 0 Å². The van der Waals surface area contributed by atoms with Crippen LogP contribution in [-0.4, -0.2) is 51.1 Å². The lowest BCUT2D eigenvalue weighted by Gasteiger charge is -2.06. The third-order valence-corrected chi connectivity index (χ3v) is 2.28. The molecule has 19 heavy (non-hydrogen) atoms. The van der Waals surface area contributed by atoms with E-state index in [9.17, 15) is 14.4 Å². The number of hydrogen-bond acceptors (Lipinski definition) is 4. The molecule has 0 aliphatic heterocycles. The average molecular weight is 273 g/mol. The molecular formula is C12H23N3O4. The maximum absolute atomic E-state index is 11.2. The molecule has 7 heteroatoms.